The summed E-state index contributed by atoms with van der Waals surface area (Å²) in [7, 11) is 0. The molecular formula is C15H23NOS. The zero-order valence-corrected chi connectivity index (χ0v) is 12.1. The molecule has 0 saturated carbocycles. The van der Waals surface area contributed by atoms with Crippen molar-refractivity contribution < 1.29 is 4.74 Å². The second-order valence-corrected chi connectivity index (χ2v) is 6.34. The molecule has 0 bridgehead atoms. The van der Waals surface area contributed by atoms with Crippen molar-refractivity contribution in [3.63, 3.8) is 0 Å². The molecule has 18 heavy (non-hydrogen) atoms. The highest BCUT2D eigenvalue weighted by Crippen LogP contribution is 2.33. The number of ether oxygens (including phenoxy) is 1. The lowest BCUT2D eigenvalue weighted by molar-refractivity contribution is 0.128. The van der Waals surface area contributed by atoms with E-state index in [0.29, 0.717) is 11.4 Å². The normalized spacial score (nSPS) is 22.9. The van der Waals surface area contributed by atoms with Crippen LogP contribution >= 0.6 is 11.8 Å². The number of hydrogen-bond acceptors (Lipinski definition) is 3. The Hall–Kier alpha value is -0.510. The number of rotatable bonds is 5. The Balaban J connectivity index is 1.99. The van der Waals surface area contributed by atoms with Crippen LogP contribution in [0, 0.1) is 6.92 Å². The molecule has 0 spiro atoms. The van der Waals surface area contributed by atoms with E-state index in [0.717, 1.165) is 12.4 Å². The average molecular weight is 265 g/mol. The lowest BCUT2D eigenvalue weighted by Crippen LogP contribution is -2.24. The highest BCUT2D eigenvalue weighted by atomic mass is 32.2. The van der Waals surface area contributed by atoms with E-state index in [9.17, 15) is 0 Å². The molecule has 1 heterocycles. The fourth-order valence-corrected chi connectivity index (χ4v) is 3.71. The highest BCUT2D eigenvalue weighted by Gasteiger charge is 2.21. The largest absolute Gasteiger partial charge is 0.377 e. The Morgan fingerprint density at radius 1 is 1.50 bits per heavy atom. The van der Waals surface area contributed by atoms with Gasteiger partial charge >= 0.3 is 0 Å². The second-order valence-electron chi connectivity index (χ2n) is 5.16. The third-order valence-corrected chi connectivity index (χ3v) is 4.96. The van der Waals surface area contributed by atoms with Gasteiger partial charge in [0.2, 0.25) is 0 Å². The minimum atomic E-state index is 0.165. The molecule has 0 radical (unpaired) electrons. The standard InChI is InChI=1S/C15H23NOS/c1-11-5-3-6-13(9-11)15(12(2)16)18-10-14-7-4-8-17-14/h3,5-6,9,12,14-15H,4,7-8,10,16H2,1-2H3. The van der Waals surface area contributed by atoms with Gasteiger partial charge < -0.3 is 10.5 Å². The first kappa shape index (κ1) is 13.9. The van der Waals surface area contributed by atoms with E-state index in [4.69, 9.17) is 10.5 Å². The van der Waals surface area contributed by atoms with E-state index in [1.165, 1.54) is 24.0 Å². The zero-order chi connectivity index (χ0) is 13.0. The summed E-state index contributed by atoms with van der Waals surface area (Å²) in [5.74, 6) is 1.06. The summed E-state index contributed by atoms with van der Waals surface area (Å²) in [5, 5.41) is 0.370. The van der Waals surface area contributed by atoms with Crippen molar-refractivity contribution in [2.45, 2.75) is 44.1 Å². The fourth-order valence-electron chi connectivity index (χ4n) is 2.39. The molecule has 0 aromatic heterocycles. The third kappa shape index (κ3) is 3.74. The van der Waals surface area contributed by atoms with E-state index >= 15 is 0 Å². The Kier molecular flexibility index (Phi) is 5.10. The van der Waals surface area contributed by atoms with Gasteiger partial charge in [-0.25, -0.2) is 0 Å². The van der Waals surface area contributed by atoms with E-state index in [1.807, 2.05) is 11.8 Å². The van der Waals surface area contributed by atoms with Crippen molar-refractivity contribution in [1.29, 1.82) is 0 Å². The summed E-state index contributed by atoms with van der Waals surface area (Å²) in [6, 6.07) is 8.84. The number of nitrogens with two attached hydrogens (primary N) is 1. The molecular weight excluding hydrogens is 242 g/mol. The van der Waals surface area contributed by atoms with Crippen molar-refractivity contribution in [3.05, 3.63) is 35.4 Å². The molecule has 0 amide bonds. The van der Waals surface area contributed by atoms with E-state index in [1.54, 1.807) is 0 Å². The topological polar surface area (TPSA) is 35.2 Å². The van der Waals surface area contributed by atoms with Gasteiger partial charge in [-0.3, -0.25) is 0 Å². The Bertz CT molecular complexity index is 375. The lowest BCUT2D eigenvalue weighted by atomic mass is 10.0. The van der Waals surface area contributed by atoms with Gasteiger partial charge in [-0.15, -0.1) is 11.8 Å². The van der Waals surface area contributed by atoms with E-state index in [-0.39, 0.29) is 6.04 Å². The summed E-state index contributed by atoms with van der Waals surface area (Å²) in [6.07, 6.45) is 2.84. The molecule has 2 N–H and O–H groups in total. The van der Waals surface area contributed by atoms with Gasteiger partial charge in [0.05, 0.1) is 6.10 Å². The molecule has 1 saturated heterocycles. The zero-order valence-electron chi connectivity index (χ0n) is 11.3. The summed E-state index contributed by atoms with van der Waals surface area (Å²) < 4.78 is 5.68. The van der Waals surface area contributed by atoms with Crippen LogP contribution in [0.1, 0.15) is 36.1 Å². The maximum Gasteiger partial charge on any atom is 0.0666 e. The van der Waals surface area contributed by atoms with Gasteiger partial charge in [0, 0.05) is 23.7 Å². The summed E-state index contributed by atoms with van der Waals surface area (Å²) in [6.45, 7) is 5.15. The van der Waals surface area contributed by atoms with Crippen molar-refractivity contribution >= 4 is 11.8 Å². The maximum atomic E-state index is 6.14. The van der Waals surface area contributed by atoms with Crippen LogP contribution in [0.5, 0.6) is 0 Å². The fraction of sp³-hybridized carbons (Fsp3) is 0.600. The minimum absolute atomic E-state index is 0.165. The van der Waals surface area contributed by atoms with Crippen LogP contribution in [-0.4, -0.2) is 24.5 Å². The molecule has 1 aromatic carbocycles. The molecule has 3 heteroatoms. The molecule has 1 aliphatic heterocycles. The number of benzene rings is 1. The van der Waals surface area contributed by atoms with Crippen molar-refractivity contribution in [1.82, 2.24) is 0 Å². The highest BCUT2D eigenvalue weighted by molar-refractivity contribution is 7.99. The minimum Gasteiger partial charge on any atom is -0.377 e. The molecule has 1 fully saturated rings. The summed E-state index contributed by atoms with van der Waals surface area (Å²) in [5.41, 5.74) is 8.78. The predicted octanol–water partition coefficient (Wildman–Crippen LogP) is 3.30. The maximum absolute atomic E-state index is 6.14. The Labute approximate surface area is 114 Å². The van der Waals surface area contributed by atoms with Gasteiger partial charge in [0.15, 0.2) is 0 Å². The molecule has 100 valence electrons. The Morgan fingerprint density at radius 3 is 2.94 bits per heavy atom. The van der Waals surface area contributed by atoms with Gasteiger partial charge in [-0.05, 0) is 32.3 Å². The molecule has 2 rings (SSSR count). The molecule has 3 atom stereocenters. The van der Waals surface area contributed by atoms with Crippen LogP contribution < -0.4 is 5.73 Å². The van der Waals surface area contributed by atoms with Crippen LogP contribution in [0.25, 0.3) is 0 Å². The van der Waals surface area contributed by atoms with Crippen LogP contribution in [0.15, 0.2) is 24.3 Å². The number of thioether (sulfide) groups is 1. The van der Waals surface area contributed by atoms with Gasteiger partial charge in [0.1, 0.15) is 0 Å². The lowest BCUT2D eigenvalue weighted by Gasteiger charge is -2.22. The first-order chi connectivity index (χ1) is 8.66. The van der Waals surface area contributed by atoms with Crippen LogP contribution in [0.4, 0.5) is 0 Å². The van der Waals surface area contributed by atoms with Crippen LogP contribution in [-0.2, 0) is 4.74 Å². The van der Waals surface area contributed by atoms with Gasteiger partial charge in [-0.2, -0.15) is 0 Å². The van der Waals surface area contributed by atoms with Crippen molar-refractivity contribution in [3.8, 4) is 0 Å². The van der Waals surface area contributed by atoms with Gasteiger partial charge in [0.25, 0.3) is 0 Å². The smallest absolute Gasteiger partial charge is 0.0666 e. The molecule has 2 nitrogen and oxygen atoms in total. The molecule has 0 aliphatic carbocycles. The van der Waals surface area contributed by atoms with Crippen molar-refractivity contribution in [2.24, 2.45) is 5.73 Å². The average Bonchev–Trinajstić information content (AvgIpc) is 2.82. The summed E-state index contributed by atoms with van der Waals surface area (Å²) >= 11 is 1.94. The quantitative estimate of drug-likeness (QED) is 0.887. The number of hydrogen-bond donors (Lipinski definition) is 1. The van der Waals surface area contributed by atoms with E-state index < -0.39 is 0 Å². The first-order valence-electron chi connectivity index (χ1n) is 6.72. The van der Waals surface area contributed by atoms with Crippen LogP contribution in [0.3, 0.4) is 0 Å². The van der Waals surface area contributed by atoms with E-state index in [2.05, 4.69) is 38.1 Å². The SMILES string of the molecule is Cc1cccc(C(SCC2CCCO2)C(C)N)c1. The van der Waals surface area contributed by atoms with Crippen LogP contribution in [0.2, 0.25) is 0 Å². The second kappa shape index (κ2) is 6.60. The first-order valence-corrected chi connectivity index (χ1v) is 7.77. The third-order valence-electron chi connectivity index (χ3n) is 3.33. The molecule has 1 aromatic rings. The molecule has 1 aliphatic rings. The Morgan fingerprint density at radius 2 is 2.33 bits per heavy atom. The molecule has 3 unspecified atom stereocenters. The summed E-state index contributed by atoms with van der Waals surface area (Å²) in [4.78, 5) is 0. The number of aryl methyl sites for hydroxylation is 1. The van der Waals surface area contributed by atoms with Crippen molar-refractivity contribution in [2.75, 3.05) is 12.4 Å². The monoisotopic (exact) mass is 265 g/mol. The predicted molar refractivity (Wildman–Crippen MR) is 79.0 cm³/mol. The van der Waals surface area contributed by atoms with Gasteiger partial charge in [-0.1, -0.05) is 29.8 Å².